The molecule has 9 nitrogen and oxygen atoms in total. The van der Waals surface area contributed by atoms with E-state index in [0.29, 0.717) is 11.1 Å². The van der Waals surface area contributed by atoms with E-state index in [2.05, 4.69) is 35.5 Å². The van der Waals surface area contributed by atoms with E-state index >= 15 is 0 Å². The minimum absolute atomic E-state index is 0.0403. The molecule has 4 heterocycles. The van der Waals surface area contributed by atoms with Crippen LogP contribution in [-0.4, -0.2) is 66.4 Å². The molecule has 2 aromatic carbocycles. The molecule has 0 radical (unpaired) electrons. The second kappa shape index (κ2) is 11.1. The second-order valence-electron chi connectivity index (χ2n) is 11.5. The van der Waals surface area contributed by atoms with Crippen molar-refractivity contribution in [2.24, 2.45) is 17.8 Å². The predicted molar refractivity (Wildman–Crippen MR) is 153 cm³/mol. The lowest BCUT2D eigenvalue weighted by Gasteiger charge is -2.65. The number of benzene rings is 2. The Morgan fingerprint density at radius 3 is 2.55 bits per heavy atom. The summed E-state index contributed by atoms with van der Waals surface area (Å²) in [5, 5.41) is 12.3. The van der Waals surface area contributed by atoms with Crippen molar-refractivity contribution in [3.8, 4) is 6.07 Å². The molecule has 3 aliphatic heterocycles. The molecule has 1 aromatic heterocycles. The van der Waals surface area contributed by atoms with Crippen LogP contribution in [0.15, 0.2) is 77.6 Å². The molecule has 3 saturated heterocycles. The van der Waals surface area contributed by atoms with E-state index < -0.39 is 17.6 Å². The Morgan fingerprint density at radius 2 is 1.88 bits per heavy atom. The number of carbonyl (C=O) groups is 3. The third-order valence-electron chi connectivity index (χ3n) is 9.41. The van der Waals surface area contributed by atoms with Crippen LogP contribution in [0.4, 0.5) is 0 Å². The molecule has 42 heavy (non-hydrogen) atoms. The molecule has 2 amide bonds. The highest BCUT2D eigenvalue weighted by Gasteiger charge is 2.72. The third kappa shape index (κ3) is 4.38. The zero-order valence-electron chi connectivity index (χ0n) is 23.7. The van der Waals surface area contributed by atoms with Gasteiger partial charge in [0.25, 0.3) is 5.91 Å². The van der Waals surface area contributed by atoms with Crippen LogP contribution >= 0.6 is 0 Å². The minimum Gasteiger partial charge on any atom is -0.472 e. The van der Waals surface area contributed by atoms with Gasteiger partial charge in [0, 0.05) is 18.5 Å². The van der Waals surface area contributed by atoms with Crippen LogP contribution in [0.25, 0.3) is 0 Å². The zero-order chi connectivity index (χ0) is 29.4. The maximum absolute atomic E-state index is 14.5. The molecule has 0 spiro atoms. The van der Waals surface area contributed by atoms with Gasteiger partial charge in [0.05, 0.1) is 35.6 Å². The van der Waals surface area contributed by atoms with Gasteiger partial charge in [-0.15, -0.1) is 0 Å². The number of likely N-dealkylation sites (tertiary alicyclic amines) is 1. The lowest BCUT2D eigenvalue weighted by atomic mass is 9.52. The van der Waals surface area contributed by atoms with Gasteiger partial charge in [-0.3, -0.25) is 14.4 Å². The smallest absolute Gasteiger partial charge is 0.325 e. The van der Waals surface area contributed by atoms with Gasteiger partial charge in [-0.2, -0.15) is 5.26 Å². The van der Waals surface area contributed by atoms with Crippen LogP contribution in [0.1, 0.15) is 40.4 Å². The lowest BCUT2D eigenvalue weighted by molar-refractivity contribution is -0.160. The molecule has 3 aromatic rings. The molecule has 0 unspecified atom stereocenters. The summed E-state index contributed by atoms with van der Waals surface area (Å²) in [6.07, 6.45) is 4.35. The standard InChI is InChI=1S/C33H34N4O5/c1-3-42-28(38)18-35-31(39)29-26-16-25-19-36(2)30(27(26)15-21-7-5-4-6-8-21)33(25,24-11-9-22(17-34)10-12-24)37(29)32(40)23-13-14-41-20-23/h4-14,20,25-27,29-30H,3,15-16,18-19H2,1-2H3,(H,35,39)/t25-,26+,27+,29-,30-,33-/m0/s1. The number of likely N-dealkylation sites (N-methyl/N-ethyl adjacent to an activating group) is 1. The summed E-state index contributed by atoms with van der Waals surface area (Å²) < 4.78 is 10.4. The fourth-order valence-corrected chi connectivity index (χ4v) is 8.06. The molecule has 4 bridgehead atoms. The quantitative estimate of drug-likeness (QED) is 0.416. The largest absolute Gasteiger partial charge is 0.472 e. The van der Waals surface area contributed by atoms with Gasteiger partial charge in [0.1, 0.15) is 18.8 Å². The first kappa shape index (κ1) is 27.7. The number of nitriles is 1. The summed E-state index contributed by atoms with van der Waals surface area (Å²) in [6.45, 7) is 2.41. The highest BCUT2D eigenvalue weighted by Crippen LogP contribution is 2.63. The van der Waals surface area contributed by atoms with Crippen LogP contribution in [0, 0.1) is 29.1 Å². The van der Waals surface area contributed by atoms with Crippen molar-refractivity contribution in [2.75, 3.05) is 26.7 Å². The second-order valence-corrected chi connectivity index (χ2v) is 11.5. The number of carbonyl (C=O) groups excluding carboxylic acids is 3. The fraction of sp³-hybridized carbons (Fsp3) is 0.394. The van der Waals surface area contributed by atoms with Crippen molar-refractivity contribution < 1.29 is 23.5 Å². The van der Waals surface area contributed by atoms with E-state index in [4.69, 9.17) is 9.15 Å². The third-order valence-corrected chi connectivity index (χ3v) is 9.41. The van der Waals surface area contributed by atoms with E-state index in [0.717, 1.165) is 24.9 Å². The zero-order valence-corrected chi connectivity index (χ0v) is 23.7. The Kier molecular flexibility index (Phi) is 7.33. The first-order chi connectivity index (χ1) is 20.4. The number of amides is 2. The van der Waals surface area contributed by atoms with Gasteiger partial charge in [0.15, 0.2) is 0 Å². The topological polar surface area (TPSA) is 116 Å². The van der Waals surface area contributed by atoms with Crippen LogP contribution < -0.4 is 5.32 Å². The van der Waals surface area contributed by atoms with Crippen LogP contribution in [0.3, 0.4) is 0 Å². The van der Waals surface area contributed by atoms with Crippen LogP contribution in [0.2, 0.25) is 0 Å². The van der Waals surface area contributed by atoms with Crippen molar-refractivity contribution in [1.29, 1.82) is 5.26 Å². The molecule has 4 aliphatic rings. The Balaban J connectivity index is 1.53. The van der Waals surface area contributed by atoms with Crippen molar-refractivity contribution in [2.45, 2.75) is 37.4 Å². The van der Waals surface area contributed by atoms with Crippen molar-refractivity contribution in [3.05, 3.63) is 95.4 Å². The van der Waals surface area contributed by atoms with Gasteiger partial charge in [-0.25, -0.2) is 0 Å². The summed E-state index contributed by atoms with van der Waals surface area (Å²) in [5.74, 6) is -1.24. The summed E-state index contributed by atoms with van der Waals surface area (Å²) in [6, 6.07) is 20.6. The van der Waals surface area contributed by atoms with Crippen molar-refractivity contribution in [3.63, 3.8) is 0 Å². The highest BCUT2D eigenvalue weighted by atomic mass is 16.5. The summed E-state index contributed by atoms with van der Waals surface area (Å²) in [5.41, 5.74) is 2.10. The molecule has 216 valence electrons. The SMILES string of the molecule is CCOC(=O)CNC(=O)[C@@H]1[C@@H]2C[C@H]3CN(C)[C@@H]([C@@H]2Cc2ccccc2)[C@@]3(c2ccc(C#N)cc2)N1C(=O)c1ccoc1. The average Bonchev–Trinajstić information content (AvgIpc) is 3.62. The van der Waals surface area contributed by atoms with Gasteiger partial charge in [0.2, 0.25) is 5.91 Å². The van der Waals surface area contributed by atoms with Gasteiger partial charge >= 0.3 is 5.97 Å². The normalized spacial score (nSPS) is 27.8. The Morgan fingerprint density at radius 1 is 1.12 bits per heavy atom. The highest BCUT2D eigenvalue weighted by molar-refractivity contribution is 5.99. The van der Waals surface area contributed by atoms with Crippen molar-refractivity contribution >= 4 is 17.8 Å². The number of ether oxygens (including phenoxy) is 1. The number of rotatable bonds is 8. The van der Waals surface area contributed by atoms with E-state index in [9.17, 15) is 19.6 Å². The Labute approximate surface area is 245 Å². The maximum Gasteiger partial charge on any atom is 0.325 e. The predicted octanol–water partition coefficient (Wildman–Crippen LogP) is 3.36. The molecule has 1 N–H and O–H groups in total. The molecular weight excluding hydrogens is 532 g/mol. The van der Waals surface area contributed by atoms with E-state index in [1.165, 1.54) is 18.1 Å². The fourth-order valence-electron chi connectivity index (χ4n) is 8.06. The Hall–Kier alpha value is -4.42. The molecule has 6 atom stereocenters. The molecule has 1 aliphatic carbocycles. The number of hydrogen-bond acceptors (Lipinski definition) is 7. The summed E-state index contributed by atoms with van der Waals surface area (Å²) >= 11 is 0. The number of furan rings is 1. The number of fused-ring (bicyclic) bond motifs is 1. The monoisotopic (exact) mass is 566 g/mol. The number of esters is 1. The van der Waals surface area contributed by atoms with Gasteiger partial charge in [-0.05, 0) is 68.0 Å². The Bertz CT molecular complexity index is 1500. The molecule has 7 rings (SSSR count). The number of nitrogens with zero attached hydrogens (tertiary/aromatic N) is 3. The van der Waals surface area contributed by atoms with Gasteiger partial charge in [-0.1, -0.05) is 42.5 Å². The minimum atomic E-state index is -0.850. The van der Waals surface area contributed by atoms with Crippen LogP contribution in [0.5, 0.6) is 0 Å². The lowest BCUT2D eigenvalue weighted by Crippen LogP contribution is -2.76. The average molecular weight is 567 g/mol. The first-order valence-electron chi connectivity index (χ1n) is 14.4. The first-order valence-corrected chi connectivity index (χ1v) is 14.4. The van der Waals surface area contributed by atoms with Gasteiger partial charge < -0.3 is 24.3 Å². The number of nitrogens with one attached hydrogen (secondary N) is 1. The maximum atomic E-state index is 14.5. The van der Waals surface area contributed by atoms with Crippen molar-refractivity contribution in [1.82, 2.24) is 15.1 Å². The summed E-state index contributed by atoms with van der Waals surface area (Å²) in [4.78, 5) is 45.1. The van der Waals surface area contributed by atoms with E-state index in [1.54, 1.807) is 30.0 Å². The summed E-state index contributed by atoms with van der Waals surface area (Å²) in [7, 11) is 2.10. The van der Waals surface area contributed by atoms with E-state index in [-0.39, 0.29) is 48.8 Å². The van der Waals surface area contributed by atoms with E-state index in [1.807, 2.05) is 30.3 Å². The number of piperidine rings is 2. The molecule has 4 fully saturated rings. The van der Waals surface area contributed by atoms with Crippen LogP contribution in [-0.2, 0) is 26.3 Å². The number of hydrogen-bond donors (Lipinski definition) is 1. The molecular formula is C33H34N4O5. The molecule has 9 heteroatoms. The molecule has 1 saturated carbocycles.